The zero-order chi connectivity index (χ0) is 12.5. The molecule has 1 aromatic heterocycles. The summed E-state index contributed by atoms with van der Waals surface area (Å²) < 4.78 is 7.81. The summed E-state index contributed by atoms with van der Waals surface area (Å²) in [4.78, 5) is 0. The van der Waals surface area contributed by atoms with E-state index in [1.165, 1.54) is 0 Å². The average molecular weight is 321 g/mol. The van der Waals surface area contributed by atoms with Crippen LogP contribution in [0.2, 0.25) is 0 Å². The topological polar surface area (TPSA) is 51.1 Å². The van der Waals surface area contributed by atoms with Crippen molar-refractivity contribution in [1.82, 2.24) is 20.4 Å². The molecule has 1 heterocycles. The summed E-state index contributed by atoms with van der Waals surface area (Å²) in [6.45, 7) is 3.09. The predicted octanol–water partition coefficient (Wildman–Crippen LogP) is 1.15. The van der Waals surface area contributed by atoms with Crippen molar-refractivity contribution in [2.24, 2.45) is 0 Å². The van der Waals surface area contributed by atoms with Crippen LogP contribution < -0.4 is 10.6 Å². The van der Waals surface area contributed by atoms with Gasteiger partial charge in [0.2, 0.25) is 0 Å². The number of hydrogen-bond donors (Lipinski definition) is 2. The smallest absolute Gasteiger partial charge is 0.166 e. The van der Waals surface area contributed by atoms with Crippen molar-refractivity contribution in [3.8, 4) is 0 Å². The van der Waals surface area contributed by atoms with Crippen LogP contribution in [-0.4, -0.2) is 41.7 Å². The molecule has 96 valence electrons. The average Bonchev–Trinajstić information content (AvgIpc) is 2.71. The van der Waals surface area contributed by atoms with E-state index in [4.69, 9.17) is 17.0 Å². The first-order chi connectivity index (χ1) is 8.22. The Bertz CT molecular complexity index is 345. The second kappa shape index (κ2) is 8.43. The predicted molar refractivity (Wildman–Crippen MR) is 75.0 cm³/mol. The molecule has 0 unspecified atom stereocenters. The monoisotopic (exact) mass is 320 g/mol. The van der Waals surface area contributed by atoms with Crippen LogP contribution >= 0.6 is 28.1 Å². The zero-order valence-corrected chi connectivity index (χ0v) is 12.2. The summed E-state index contributed by atoms with van der Waals surface area (Å²) in [5.41, 5.74) is 0. The maximum atomic E-state index is 5.09. The van der Waals surface area contributed by atoms with Gasteiger partial charge in [0.25, 0.3) is 0 Å². The maximum Gasteiger partial charge on any atom is 0.166 e. The van der Waals surface area contributed by atoms with E-state index in [1.54, 1.807) is 13.3 Å². The highest BCUT2D eigenvalue weighted by Gasteiger charge is 1.96. The van der Waals surface area contributed by atoms with Crippen molar-refractivity contribution in [3.63, 3.8) is 0 Å². The lowest BCUT2D eigenvalue weighted by Crippen LogP contribution is -2.37. The summed E-state index contributed by atoms with van der Waals surface area (Å²) in [6.07, 6.45) is 4.71. The number of nitrogens with zero attached hydrogens (tertiary/aromatic N) is 2. The lowest BCUT2D eigenvalue weighted by molar-refractivity contribution is 0.204. The van der Waals surface area contributed by atoms with Crippen LogP contribution in [0.1, 0.15) is 6.42 Å². The Morgan fingerprint density at radius 1 is 1.53 bits per heavy atom. The highest BCUT2D eigenvalue weighted by atomic mass is 79.9. The van der Waals surface area contributed by atoms with Crippen molar-refractivity contribution in [2.45, 2.75) is 13.0 Å². The zero-order valence-electron chi connectivity index (χ0n) is 9.78. The van der Waals surface area contributed by atoms with Gasteiger partial charge in [-0.1, -0.05) is 0 Å². The number of thiocarbonyl (C=S) groups is 1. The third-order valence-corrected chi connectivity index (χ3v) is 2.74. The van der Waals surface area contributed by atoms with Gasteiger partial charge in [0.05, 0.1) is 17.3 Å². The molecule has 0 aromatic carbocycles. The van der Waals surface area contributed by atoms with Gasteiger partial charge in [0, 0.05) is 32.9 Å². The Kier molecular flexibility index (Phi) is 7.14. The van der Waals surface area contributed by atoms with Crippen LogP contribution in [-0.2, 0) is 11.3 Å². The number of hydrogen-bond acceptors (Lipinski definition) is 3. The Balaban J connectivity index is 2.02. The molecule has 5 nitrogen and oxygen atoms in total. The fourth-order valence-electron chi connectivity index (χ4n) is 1.23. The van der Waals surface area contributed by atoms with Gasteiger partial charge >= 0.3 is 0 Å². The first kappa shape index (κ1) is 14.4. The van der Waals surface area contributed by atoms with Crippen LogP contribution in [0.5, 0.6) is 0 Å². The first-order valence-electron chi connectivity index (χ1n) is 5.41. The van der Waals surface area contributed by atoms with Crippen LogP contribution in [0.25, 0.3) is 0 Å². The van der Waals surface area contributed by atoms with Gasteiger partial charge in [-0.25, -0.2) is 0 Å². The molecule has 7 heteroatoms. The molecule has 0 fully saturated rings. The Morgan fingerprint density at radius 3 is 2.94 bits per heavy atom. The quantitative estimate of drug-likeness (QED) is 0.583. The van der Waals surface area contributed by atoms with E-state index >= 15 is 0 Å². The highest BCUT2D eigenvalue weighted by molar-refractivity contribution is 9.10. The molecule has 0 spiro atoms. The van der Waals surface area contributed by atoms with Crippen molar-refractivity contribution in [2.75, 3.05) is 26.8 Å². The SMILES string of the molecule is COCCNC(=S)NCCCn1cc(Br)cn1. The van der Waals surface area contributed by atoms with E-state index in [9.17, 15) is 0 Å². The van der Waals surface area contributed by atoms with E-state index in [-0.39, 0.29) is 0 Å². The fraction of sp³-hybridized carbons (Fsp3) is 0.600. The third-order valence-electron chi connectivity index (χ3n) is 2.04. The minimum absolute atomic E-state index is 0.656. The molecule has 0 aliphatic rings. The molecule has 0 amide bonds. The largest absolute Gasteiger partial charge is 0.383 e. The molecule has 1 rings (SSSR count). The van der Waals surface area contributed by atoms with E-state index in [0.29, 0.717) is 11.7 Å². The van der Waals surface area contributed by atoms with Crippen molar-refractivity contribution in [3.05, 3.63) is 16.9 Å². The van der Waals surface area contributed by atoms with E-state index in [2.05, 4.69) is 31.7 Å². The molecule has 2 N–H and O–H groups in total. The van der Waals surface area contributed by atoms with E-state index < -0.39 is 0 Å². The number of rotatable bonds is 7. The van der Waals surface area contributed by atoms with Gasteiger partial charge in [-0.05, 0) is 34.6 Å². The molecule has 0 saturated carbocycles. The lowest BCUT2D eigenvalue weighted by Gasteiger charge is -2.09. The first-order valence-corrected chi connectivity index (χ1v) is 6.61. The molecular formula is C10H17BrN4OS. The van der Waals surface area contributed by atoms with Crippen LogP contribution in [0.15, 0.2) is 16.9 Å². The second-order valence-electron chi connectivity index (χ2n) is 3.45. The highest BCUT2D eigenvalue weighted by Crippen LogP contribution is 2.06. The lowest BCUT2D eigenvalue weighted by atomic mass is 10.4. The third kappa shape index (κ3) is 6.60. The standard InChI is InChI=1S/C10H17BrN4OS/c1-16-6-4-13-10(17)12-3-2-5-15-8-9(11)7-14-15/h7-8H,2-6H2,1H3,(H2,12,13,17). The van der Waals surface area contributed by atoms with Crippen LogP contribution in [0.3, 0.4) is 0 Å². The number of nitrogens with one attached hydrogen (secondary N) is 2. The normalized spacial score (nSPS) is 10.2. The minimum Gasteiger partial charge on any atom is -0.383 e. The van der Waals surface area contributed by atoms with Crippen molar-refractivity contribution in [1.29, 1.82) is 0 Å². The van der Waals surface area contributed by atoms with Gasteiger partial charge in [-0.2, -0.15) is 5.10 Å². The minimum atomic E-state index is 0.656. The molecular weight excluding hydrogens is 304 g/mol. The summed E-state index contributed by atoms with van der Waals surface area (Å²) in [7, 11) is 1.67. The summed E-state index contributed by atoms with van der Waals surface area (Å²) in [5.74, 6) is 0. The Labute approximate surface area is 115 Å². The van der Waals surface area contributed by atoms with Crippen LogP contribution in [0.4, 0.5) is 0 Å². The molecule has 1 aromatic rings. The Hall–Kier alpha value is -0.660. The van der Waals surface area contributed by atoms with Gasteiger partial charge in [0.15, 0.2) is 5.11 Å². The van der Waals surface area contributed by atoms with E-state index in [0.717, 1.165) is 30.5 Å². The second-order valence-corrected chi connectivity index (χ2v) is 4.77. The van der Waals surface area contributed by atoms with Gasteiger partial charge < -0.3 is 15.4 Å². The van der Waals surface area contributed by atoms with E-state index in [1.807, 2.05) is 10.9 Å². The Morgan fingerprint density at radius 2 is 2.29 bits per heavy atom. The number of ether oxygens (including phenoxy) is 1. The fourth-order valence-corrected chi connectivity index (χ4v) is 1.76. The molecule has 0 aliphatic heterocycles. The molecule has 0 bridgehead atoms. The molecule has 17 heavy (non-hydrogen) atoms. The molecule has 0 saturated heterocycles. The van der Waals surface area contributed by atoms with Crippen molar-refractivity contribution < 1.29 is 4.74 Å². The van der Waals surface area contributed by atoms with Gasteiger partial charge in [-0.3, -0.25) is 4.68 Å². The summed E-state index contributed by atoms with van der Waals surface area (Å²) >= 11 is 8.45. The van der Waals surface area contributed by atoms with Crippen LogP contribution in [0, 0.1) is 0 Å². The van der Waals surface area contributed by atoms with Gasteiger partial charge in [-0.15, -0.1) is 0 Å². The van der Waals surface area contributed by atoms with Gasteiger partial charge in [0.1, 0.15) is 0 Å². The maximum absolute atomic E-state index is 5.09. The van der Waals surface area contributed by atoms with Crippen molar-refractivity contribution >= 4 is 33.3 Å². The number of aryl methyl sites for hydroxylation is 1. The summed E-state index contributed by atoms with van der Waals surface area (Å²) in [6, 6.07) is 0. The number of halogens is 1. The molecule has 0 aliphatic carbocycles. The summed E-state index contributed by atoms with van der Waals surface area (Å²) in [5, 5.41) is 11.0. The number of methoxy groups -OCH3 is 1. The molecule has 0 radical (unpaired) electrons. The molecule has 0 atom stereocenters. The number of aromatic nitrogens is 2.